The summed E-state index contributed by atoms with van der Waals surface area (Å²) in [6.45, 7) is 9.44. The third-order valence-corrected chi connectivity index (χ3v) is 4.80. The van der Waals surface area contributed by atoms with Crippen LogP contribution in [-0.4, -0.2) is 43.0 Å². The monoisotopic (exact) mass is 304 g/mol. The van der Waals surface area contributed by atoms with Gasteiger partial charge in [0.15, 0.2) is 0 Å². The average molecular weight is 304 g/mol. The maximum absolute atomic E-state index is 5.94. The van der Waals surface area contributed by atoms with Crippen LogP contribution in [0, 0.1) is 5.41 Å². The van der Waals surface area contributed by atoms with Crippen molar-refractivity contribution >= 4 is 6.21 Å². The van der Waals surface area contributed by atoms with E-state index in [2.05, 4.69) is 25.0 Å². The standard InChI is InChI=1S/C18H28N2O2/c1-17(2)13-18(7-11-22-17,15-20-8-3-4-9-20)14-19-12-16-6-5-10-21-16/h5-6,10,14H,3-4,7-9,11-13,15H2,1-2H3/t18-/m1/s1. The highest BCUT2D eigenvalue weighted by atomic mass is 16.5. The van der Waals surface area contributed by atoms with E-state index < -0.39 is 0 Å². The molecule has 0 aliphatic carbocycles. The molecule has 3 rings (SSSR count). The summed E-state index contributed by atoms with van der Waals surface area (Å²) in [7, 11) is 0. The molecule has 1 aromatic heterocycles. The molecule has 0 aromatic carbocycles. The minimum atomic E-state index is -0.0608. The average Bonchev–Trinajstić information content (AvgIpc) is 3.11. The molecule has 122 valence electrons. The zero-order chi connectivity index (χ0) is 15.5. The third kappa shape index (κ3) is 3.99. The second-order valence-electron chi connectivity index (χ2n) is 7.43. The minimum absolute atomic E-state index is 0.0608. The number of rotatable bonds is 5. The first-order valence-electron chi connectivity index (χ1n) is 8.47. The van der Waals surface area contributed by atoms with Crippen LogP contribution in [0.15, 0.2) is 27.8 Å². The summed E-state index contributed by atoms with van der Waals surface area (Å²) in [6, 6.07) is 3.90. The Bertz CT molecular complexity index is 489. The quantitative estimate of drug-likeness (QED) is 0.781. The van der Waals surface area contributed by atoms with Gasteiger partial charge in [0.2, 0.25) is 0 Å². The fourth-order valence-electron chi connectivity index (χ4n) is 3.92. The number of likely N-dealkylation sites (tertiary alicyclic amines) is 1. The molecule has 4 heteroatoms. The molecule has 0 radical (unpaired) electrons. The van der Waals surface area contributed by atoms with Gasteiger partial charge in [-0.1, -0.05) is 0 Å². The van der Waals surface area contributed by atoms with Gasteiger partial charge in [-0.15, -0.1) is 0 Å². The molecule has 1 aromatic rings. The van der Waals surface area contributed by atoms with Crippen molar-refractivity contribution in [2.45, 2.75) is 51.7 Å². The summed E-state index contributed by atoms with van der Waals surface area (Å²) in [6.07, 6.45) is 8.69. The molecule has 4 nitrogen and oxygen atoms in total. The summed E-state index contributed by atoms with van der Waals surface area (Å²) in [4.78, 5) is 7.31. The normalized spacial score (nSPS) is 29.4. The van der Waals surface area contributed by atoms with Gasteiger partial charge in [0, 0.05) is 24.8 Å². The fraction of sp³-hybridized carbons (Fsp3) is 0.722. The van der Waals surface area contributed by atoms with Crippen LogP contribution in [0.3, 0.4) is 0 Å². The van der Waals surface area contributed by atoms with Gasteiger partial charge in [0.05, 0.1) is 18.4 Å². The number of nitrogens with zero attached hydrogens (tertiary/aromatic N) is 2. The van der Waals surface area contributed by atoms with E-state index in [9.17, 15) is 0 Å². The maximum atomic E-state index is 5.94. The van der Waals surface area contributed by atoms with Crippen LogP contribution in [0.2, 0.25) is 0 Å². The smallest absolute Gasteiger partial charge is 0.125 e. The lowest BCUT2D eigenvalue weighted by molar-refractivity contribution is -0.0897. The summed E-state index contributed by atoms with van der Waals surface area (Å²) >= 11 is 0. The Morgan fingerprint density at radius 3 is 2.82 bits per heavy atom. The molecular formula is C18H28N2O2. The van der Waals surface area contributed by atoms with E-state index in [-0.39, 0.29) is 11.0 Å². The van der Waals surface area contributed by atoms with E-state index in [4.69, 9.17) is 14.1 Å². The first-order chi connectivity index (χ1) is 10.6. The molecule has 2 fully saturated rings. The van der Waals surface area contributed by atoms with Gasteiger partial charge in [-0.3, -0.25) is 4.99 Å². The van der Waals surface area contributed by atoms with Gasteiger partial charge in [-0.05, 0) is 64.8 Å². The summed E-state index contributed by atoms with van der Waals surface area (Å²) in [5.74, 6) is 0.930. The Kier molecular flexibility index (Phi) is 4.69. The minimum Gasteiger partial charge on any atom is -0.467 e. The molecule has 2 aliphatic heterocycles. The van der Waals surface area contributed by atoms with E-state index in [1.54, 1.807) is 6.26 Å². The lowest BCUT2D eigenvalue weighted by atomic mass is 9.74. The van der Waals surface area contributed by atoms with Crippen molar-refractivity contribution in [1.29, 1.82) is 0 Å². The van der Waals surface area contributed by atoms with Crippen molar-refractivity contribution in [2.24, 2.45) is 10.4 Å². The lowest BCUT2D eigenvalue weighted by Gasteiger charge is -2.44. The molecule has 2 aliphatic rings. The molecule has 0 spiro atoms. The van der Waals surface area contributed by atoms with Crippen LogP contribution in [0.1, 0.15) is 45.3 Å². The predicted octanol–water partition coefficient (Wildman–Crippen LogP) is 3.52. The Morgan fingerprint density at radius 2 is 2.14 bits per heavy atom. The summed E-state index contributed by atoms with van der Waals surface area (Å²) in [5, 5.41) is 0. The van der Waals surface area contributed by atoms with Gasteiger partial charge >= 0.3 is 0 Å². The fourth-order valence-corrected chi connectivity index (χ4v) is 3.92. The Morgan fingerprint density at radius 1 is 1.32 bits per heavy atom. The van der Waals surface area contributed by atoms with Crippen molar-refractivity contribution in [3.8, 4) is 0 Å². The Labute approximate surface area is 133 Å². The zero-order valence-corrected chi connectivity index (χ0v) is 13.9. The molecule has 2 saturated heterocycles. The second kappa shape index (κ2) is 6.55. The highest BCUT2D eigenvalue weighted by molar-refractivity contribution is 5.66. The second-order valence-corrected chi connectivity index (χ2v) is 7.43. The van der Waals surface area contributed by atoms with E-state index in [0.717, 1.165) is 31.8 Å². The maximum Gasteiger partial charge on any atom is 0.125 e. The van der Waals surface area contributed by atoms with Crippen molar-refractivity contribution in [2.75, 3.05) is 26.2 Å². The highest BCUT2D eigenvalue weighted by Gasteiger charge is 2.41. The number of hydrogen-bond donors (Lipinski definition) is 0. The van der Waals surface area contributed by atoms with Gasteiger partial charge in [-0.25, -0.2) is 0 Å². The number of ether oxygens (including phenoxy) is 1. The zero-order valence-electron chi connectivity index (χ0n) is 13.9. The highest BCUT2D eigenvalue weighted by Crippen LogP contribution is 2.39. The van der Waals surface area contributed by atoms with Crippen LogP contribution in [0.25, 0.3) is 0 Å². The molecule has 0 N–H and O–H groups in total. The van der Waals surface area contributed by atoms with Crippen LogP contribution in [-0.2, 0) is 11.3 Å². The Balaban J connectivity index is 1.71. The van der Waals surface area contributed by atoms with Gasteiger partial charge in [0.1, 0.15) is 5.76 Å². The van der Waals surface area contributed by atoms with Crippen LogP contribution < -0.4 is 0 Å². The molecule has 0 bridgehead atoms. The third-order valence-electron chi connectivity index (χ3n) is 4.80. The molecule has 0 amide bonds. The number of furan rings is 1. The Hall–Kier alpha value is -1.13. The van der Waals surface area contributed by atoms with Crippen LogP contribution in [0.5, 0.6) is 0 Å². The SMILES string of the molecule is CC1(C)C[C@](C=NCc2ccco2)(CN2CCCC2)CCO1. The van der Waals surface area contributed by atoms with Crippen molar-refractivity contribution in [3.63, 3.8) is 0 Å². The first-order valence-corrected chi connectivity index (χ1v) is 8.47. The van der Waals surface area contributed by atoms with Gasteiger partial charge in [-0.2, -0.15) is 0 Å². The van der Waals surface area contributed by atoms with E-state index >= 15 is 0 Å². The van der Waals surface area contributed by atoms with Gasteiger partial charge < -0.3 is 14.1 Å². The molecule has 22 heavy (non-hydrogen) atoms. The van der Waals surface area contributed by atoms with Gasteiger partial charge in [0.25, 0.3) is 0 Å². The predicted molar refractivity (Wildman–Crippen MR) is 88.3 cm³/mol. The van der Waals surface area contributed by atoms with Crippen LogP contribution in [0.4, 0.5) is 0 Å². The van der Waals surface area contributed by atoms with Crippen molar-refractivity contribution in [1.82, 2.24) is 4.90 Å². The van der Waals surface area contributed by atoms with Crippen molar-refractivity contribution in [3.05, 3.63) is 24.2 Å². The van der Waals surface area contributed by atoms with Crippen molar-refractivity contribution < 1.29 is 9.15 Å². The van der Waals surface area contributed by atoms with E-state index in [0.29, 0.717) is 6.54 Å². The first kappa shape index (κ1) is 15.8. The molecule has 3 heterocycles. The molecule has 0 unspecified atom stereocenters. The topological polar surface area (TPSA) is 38.0 Å². The largest absolute Gasteiger partial charge is 0.467 e. The number of hydrogen-bond acceptors (Lipinski definition) is 4. The molecular weight excluding hydrogens is 276 g/mol. The molecule has 0 saturated carbocycles. The summed E-state index contributed by atoms with van der Waals surface area (Å²) in [5.41, 5.74) is 0.0767. The lowest BCUT2D eigenvalue weighted by Crippen LogP contribution is -2.48. The summed E-state index contributed by atoms with van der Waals surface area (Å²) < 4.78 is 11.3. The molecule has 1 atom stereocenters. The van der Waals surface area contributed by atoms with E-state index in [1.807, 2.05) is 12.1 Å². The van der Waals surface area contributed by atoms with E-state index in [1.165, 1.54) is 25.9 Å². The number of aliphatic imine (C=N–C) groups is 1. The van der Waals surface area contributed by atoms with Crippen LogP contribution >= 0.6 is 0 Å².